The molecule has 0 aromatic carbocycles. The predicted octanol–water partition coefficient (Wildman–Crippen LogP) is 2.75. The van der Waals surface area contributed by atoms with Gasteiger partial charge in [-0.3, -0.25) is 0 Å². The van der Waals surface area contributed by atoms with E-state index in [1.54, 1.807) is 0 Å². The fraction of sp³-hybridized carbons (Fsp3) is 0.818. The van der Waals surface area contributed by atoms with Gasteiger partial charge in [0.25, 0.3) is 0 Å². The van der Waals surface area contributed by atoms with Gasteiger partial charge in [0.2, 0.25) is 0 Å². The Morgan fingerprint density at radius 1 is 1.40 bits per heavy atom. The van der Waals surface area contributed by atoms with Crippen LogP contribution >= 0.6 is 0 Å². The van der Waals surface area contributed by atoms with Gasteiger partial charge in [-0.1, -0.05) is 6.08 Å². The van der Waals surface area contributed by atoms with Crippen LogP contribution in [0.25, 0.3) is 0 Å². The molecule has 1 atom stereocenters. The lowest BCUT2D eigenvalue weighted by molar-refractivity contribution is -0.0155. The van der Waals surface area contributed by atoms with E-state index >= 15 is 0 Å². The Morgan fingerprint density at radius 3 is 2.47 bits per heavy atom. The first-order valence-electron chi connectivity index (χ1n) is 5.71. The van der Waals surface area contributed by atoms with Gasteiger partial charge in [-0.2, -0.15) is 0 Å². The van der Waals surface area contributed by atoms with Crippen molar-refractivity contribution in [3.63, 3.8) is 0 Å². The molecule has 1 saturated heterocycles. The first kappa shape index (κ1) is 12.9. The van der Waals surface area contributed by atoms with Gasteiger partial charge < -0.3 is 13.3 Å². The van der Waals surface area contributed by atoms with Crippen LogP contribution in [0.4, 0.5) is 0 Å². The maximum absolute atomic E-state index is 6.07. The lowest BCUT2D eigenvalue weighted by atomic mass is 10.0. The average Bonchev–Trinajstić information content (AvgIpc) is 2.18. The zero-order valence-corrected chi connectivity index (χ0v) is 11.0. The molecule has 0 amide bonds. The van der Waals surface area contributed by atoms with Gasteiger partial charge in [-0.15, -0.1) is 6.58 Å². The molecule has 88 valence electrons. The third-order valence-corrected chi connectivity index (χ3v) is 5.91. The van der Waals surface area contributed by atoms with Gasteiger partial charge in [0.15, 0.2) is 0 Å². The second-order valence-corrected chi connectivity index (χ2v) is 6.67. The minimum atomic E-state index is -2.41. The molecule has 0 bridgehead atoms. The van der Waals surface area contributed by atoms with E-state index in [4.69, 9.17) is 13.3 Å². The lowest BCUT2D eigenvalue weighted by Crippen LogP contribution is -2.54. The Kier molecular flexibility index (Phi) is 4.52. The molecule has 1 rings (SSSR count). The number of hydrogen-bond acceptors (Lipinski definition) is 3. The van der Waals surface area contributed by atoms with E-state index in [9.17, 15) is 0 Å². The van der Waals surface area contributed by atoms with Crippen LogP contribution in [0.2, 0.25) is 6.04 Å². The summed E-state index contributed by atoms with van der Waals surface area (Å²) in [7, 11) is -2.41. The van der Waals surface area contributed by atoms with Crippen LogP contribution in [-0.4, -0.2) is 27.6 Å². The molecule has 4 heteroatoms. The largest absolute Gasteiger partial charge is 0.501 e. The summed E-state index contributed by atoms with van der Waals surface area (Å²) in [5, 5.41) is 0. The second kappa shape index (κ2) is 5.25. The van der Waals surface area contributed by atoms with Crippen molar-refractivity contribution in [1.82, 2.24) is 0 Å². The molecule has 3 nitrogen and oxygen atoms in total. The first-order valence-corrected chi connectivity index (χ1v) is 7.64. The molecule has 0 spiro atoms. The molecule has 1 aliphatic rings. The van der Waals surface area contributed by atoms with Crippen LogP contribution in [0.5, 0.6) is 0 Å². The molecule has 1 fully saturated rings. The van der Waals surface area contributed by atoms with Gasteiger partial charge in [-0.25, -0.2) is 0 Å². The minimum Gasteiger partial charge on any atom is -0.374 e. The number of hydrogen-bond donors (Lipinski definition) is 0. The summed E-state index contributed by atoms with van der Waals surface area (Å²) in [5.41, 5.74) is -0.269. The zero-order valence-electron chi connectivity index (χ0n) is 10.0. The summed E-state index contributed by atoms with van der Waals surface area (Å²) in [6, 6.07) is 0.929. The SMILES string of the molecule is C=CC1(C)CCC[Si](OCC)(OCC)O1. The highest BCUT2D eigenvalue weighted by molar-refractivity contribution is 6.61. The Bertz CT molecular complexity index is 208. The van der Waals surface area contributed by atoms with Crippen LogP contribution in [-0.2, 0) is 13.3 Å². The third-order valence-electron chi connectivity index (χ3n) is 2.71. The van der Waals surface area contributed by atoms with Crippen molar-refractivity contribution >= 4 is 8.80 Å². The minimum absolute atomic E-state index is 0.269. The summed E-state index contributed by atoms with van der Waals surface area (Å²) in [4.78, 5) is 0. The maximum atomic E-state index is 6.07. The summed E-state index contributed by atoms with van der Waals surface area (Å²) in [6.07, 6.45) is 3.96. The molecule has 0 aromatic heterocycles. The van der Waals surface area contributed by atoms with Gasteiger partial charge in [0.1, 0.15) is 0 Å². The van der Waals surface area contributed by atoms with Crippen molar-refractivity contribution < 1.29 is 13.3 Å². The molecule has 0 aromatic rings. The van der Waals surface area contributed by atoms with Gasteiger partial charge in [0.05, 0.1) is 5.60 Å². The van der Waals surface area contributed by atoms with E-state index in [0.29, 0.717) is 13.2 Å². The Hall–Kier alpha value is -0.163. The van der Waals surface area contributed by atoms with Crippen molar-refractivity contribution in [2.24, 2.45) is 0 Å². The van der Waals surface area contributed by atoms with Crippen molar-refractivity contribution in [2.75, 3.05) is 13.2 Å². The third kappa shape index (κ3) is 3.14. The molecule has 1 heterocycles. The van der Waals surface area contributed by atoms with Crippen LogP contribution in [0, 0.1) is 0 Å². The molecule has 0 N–H and O–H groups in total. The van der Waals surface area contributed by atoms with Gasteiger partial charge in [0, 0.05) is 19.3 Å². The molecule has 0 radical (unpaired) electrons. The van der Waals surface area contributed by atoms with E-state index in [-0.39, 0.29) is 5.60 Å². The van der Waals surface area contributed by atoms with Gasteiger partial charge >= 0.3 is 8.80 Å². The van der Waals surface area contributed by atoms with E-state index in [0.717, 1.165) is 18.9 Å². The normalized spacial score (nSPS) is 30.1. The van der Waals surface area contributed by atoms with E-state index in [1.165, 1.54) is 0 Å². The summed E-state index contributed by atoms with van der Waals surface area (Å²) in [6.45, 7) is 11.2. The molecule has 15 heavy (non-hydrogen) atoms. The molecule has 1 aliphatic heterocycles. The smallest absolute Gasteiger partial charge is 0.374 e. The zero-order chi connectivity index (χ0) is 11.4. The van der Waals surface area contributed by atoms with Crippen molar-refractivity contribution in [1.29, 1.82) is 0 Å². The summed E-state index contributed by atoms with van der Waals surface area (Å²) < 4.78 is 17.6. The predicted molar refractivity (Wildman–Crippen MR) is 62.7 cm³/mol. The van der Waals surface area contributed by atoms with Crippen LogP contribution < -0.4 is 0 Å². The van der Waals surface area contributed by atoms with Crippen molar-refractivity contribution in [3.8, 4) is 0 Å². The maximum Gasteiger partial charge on any atom is 0.501 e. The Balaban J connectivity index is 2.74. The fourth-order valence-corrected chi connectivity index (χ4v) is 4.92. The second-order valence-electron chi connectivity index (χ2n) is 4.02. The molecule has 0 aliphatic carbocycles. The van der Waals surface area contributed by atoms with Crippen LogP contribution in [0.3, 0.4) is 0 Å². The summed E-state index contributed by atoms with van der Waals surface area (Å²) in [5.74, 6) is 0. The van der Waals surface area contributed by atoms with Crippen LogP contribution in [0.15, 0.2) is 12.7 Å². The average molecular weight is 230 g/mol. The molecular weight excluding hydrogens is 208 g/mol. The Morgan fingerprint density at radius 2 is 2.00 bits per heavy atom. The monoisotopic (exact) mass is 230 g/mol. The highest BCUT2D eigenvalue weighted by Crippen LogP contribution is 2.35. The molecule has 1 unspecified atom stereocenters. The number of rotatable bonds is 5. The standard InChI is InChI=1S/C11H22O3Si/c1-5-11(4)9-8-10-15(14-11,12-6-2)13-7-3/h5H,1,6-10H2,2-4H3. The quantitative estimate of drug-likeness (QED) is 0.537. The molecule has 0 saturated carbocycles. The highest BCUT2D eigenvalue weighted by atomic mass is 28.4. The first-order chi connectivity index (χ1) is 7.10. The Labute approximate surface area is 93.8 Å². The fourth-order valence-electron chi connectivity index (χ4n) is 1.94. The lowest BCUT2D eigenvalue weighted by Gasteiger charge is -2.41. The van der Waals surface area contributed by atoms with E-state index < -0.39 is 8.80 Å². The van der Waals surface area contributed by atoms with E-state index in [1.807, 2.05) is 19.9 Å². The summed E-state index contributed by atoms with van der Waals surface area (Å²) >= 11 is 0. The van der Waals surface area contributed by atoms with Crippen LogP contribution in [0.1, 0.15) is 33.6 Å². The van der Waals surface area contributed by atoms with Gasteiger partial charge in [-0.05, 0) is 33.6 Å². The topological polar surface area (TPSA) is 27.7 Å². The van der Waals surface area contributed by atoms with Crippen molar-refractivity contribution in [2.45, 2.75) is 45.3 Å². The molecular formula is C11H22O3Si. The highest BCUT2D eigenvalue weighted by Gasteiger charge is 2.48. The van der Waals surface area contributed by atoms with E-state index in [2.05, 4.69) is 13.5 Å². The van der Waals surface area contributed by atoms with Crippen molar-refractivity contribution in [3.05, 3.63) is 12.7 Å².